The average Bonchev–Trinajstić information content (AvgIpc) is 2.81. The Morgan fingerprint density at radius 2 is 2.22 bits per heavy atom. The van der Waals surface area contributed by atoms with Gasteiger partial charge in [-0.05, 0) is 40.7 Å². The van der Waals surface area contributed by atoms with Gasteiger partial charge in [0.15, 0.2) is 0 Å². The van der Waals surface area contributed by atoms with Gasteiger partial charge in [-0.3, -0.25) is 9.69 Å². The molecule has 18 heavy (non-hydrogen) atoms. The van der Waals surface area contributed by atoms with Crippen molar-refractivity contribution in [1.82, 2.24) is 9.88 Å². The highest BCUT2D eigenvalue weighted by Gasteiger charge is 2.38. The molecule has 1 aromatic rings. The van der Waals surface area contributed by atoms with Crippen molar-refractivity contribution >= 4 is 17.3 Å². The maximum atomic E-state index is 11.1. The molecule has 2 heterocycles. The van der Waals surface area contributed by atoms with E-state index in [0.717, 1.165) is 23.7 Å². The van der Waals surface area contributed by atoms with Gasteiger partial charge >= 0.3 is 5.97 Å². The summed E-state index contributed by atoms with van der Waals surface area (Å²) < 4.78 is 0. The first kappa shape index (κ1) is 13.5. The first-order valence-electron chi connectivity index (χ1n) is 6.34. The maximum absolute atomic E-state index is 11.1. The summed E-state index contributed by atoms with van der Waals surface area (Å²) in [6.45, 7) is 9.08. The molecule has 1 fully saturated rings. The number of likely N-dealkylation sites (tertiary alicyclic amines) is 1. The number of carboxylic acids is 1. The number of thiazole rings is 1. The summed E-state index contributed by atoms with van der Waals surface area (Å²) in [6, 6.07) is 0.285. The topological polar surface area (TPSA) is 53.4 Å². The van der Waals surface area contributed by atoms with Gasteiger partial charge in [0.2, 0.25) is 0 Å². The molecule has 3 unspecified atom stereocenters. The molecule has 1 saturated heterocycles. The lowest BCUT2D eigenvalue weighted by molar-refractivity contribution is -0.142. The molecule has 3 atom stereocenters. The van der Waals surface area contributed by atoms with Crippen molar-refractivity contribution < 1.29 is 9.90 Å². The molecule has 4 nitrogen and oxygen atoms in total. The van der Waals surface area contributed by atoms with Gasteiger partial charge in [0.05, 0.1) is 22.7 Å². The Morgan fingerprint density at radius 3 is 2.67 bits per heavy atom. The van der Waals surface area contributed by atoms with Gasteiger partial charge in [0, 0.05) is 10.9 Å². The lowest BCUT2D eigenvalue weighted by atomic mass is 10.0. The van der Waals surface area contributed by atoms with Crippen LogP contribution in [-0.4, -0.2) is 33.5 Å². The van der Waals surface area contributed by atoms with Crippen LogP contribution in [0, 0.1) is 19.8 Å². The number of carbonyl (C=O) groups is 1. The predicted molar refractivity (Wildman–Crippen MR) is 71.9 cm³/mol. The smallest absolute Gasteiger partial charge is 0.308 e. The Labute approximate surface area is 112 Å². The van der Waals surface area contributed by atoms with Gasteiger partial charge in [-0.1, -0.05) is 0 Å². The summed E-state index contributed by atoms with van der Waals surface area (Å²) in [6.07, 6.45) is 0.739. The van der Waals surface area contributed by atoms with Crippen LogP contribution in [0.1, 0.15) is 41.9 Å². The van der Waals surface area contributed by atoms with E-state index in [1.807, 2.05) is 13.8 Å². The zero-order valence-corrected chi connectivity index (χ0v) is 12.1. The van der Waals surface area contributed by atoms with Gasteiger partial charge in [-0.25, -0.2) is 4.98 Å². The zero-order valence-electron chi connectivity index (χ0n) is 11.3. The quantitative estimate of drug-likeness (QED) is 0.915. The van der Waals surface area contributed by atoms with Gasteiger partial charge in [-0.15, -0.1) is 11.3 Å². The van der Waals surface area contributed by atoms with E-state index in [-0.39, 0.29) is 18.0 Å². The number of aromatic nitrogens is 1. The molecule has 0 aromatic carbocycles. The number of rotatable bonds is 3. The molecule has 2 rings (SSSR count). The molecular weight excluding hydrogens is 248 g/mol. The molecule has 5 heteroatoms. The van der Waals surface area contributed by atoms with E-state index < -0.39 is 5.97 Å². The molecule has 1 aromatic heterocycles. The summed E-state index contributed by atoms with van der Waals surface area (Å²) in [7, 11) is 0. The standard InChI is InChI=1S/C13H20N2O2S/c1-7-11(13(16)17)5-6-15(7)8(2)12-9(3)18-10(4)14-12/h7-8,11H,5-6H2,1-4H3,(H,16,17). The summed E-state index contributed by atoms with van der Waals surface area (Å²) in [5, 5.41) is 10.3. The van der Waals surface area contributed by atoms with E-state index in [0.29, 0.717) is 0 Å². The van der Waals surface area contributed by atoms with E-state index >= 15 is 0 Å². The van der Waals surface area contributed by atoms with Crippen LogP contribution < -0.4 is 0 Å². The van der Waals surface area contributed by atoms with Crippen LogP contribution in [0.3, 0.4) is 0 Å². The Bertz CT molecular complexity index is 458. The molecule has 0 spiro atoms. The third-order valence-electron chi connectivity index (χ3n) is 3.95. The second kappa shape index (κ2) is 4.97. The van der Waals surface area contributed by atoms with Gasteiger partial charge in [0.25, 0.3) is 0 Å². The predicted octanol–water partition coefficient (Wildman–Crippen LogP) is 2.62. The zero-order chi connectivity index (χ0) is 13.4. The lowest BCUT2D eigenvalue weighted by Crippen LogP contribution is -2.35. The molecule has 0 amide bonds. The lowest BCUT2D eigenvalue weighted by Gasteiger charge is -2.29. The first-order chi connectivity index (χ1) is 8.41. The molecule has 0 bridgehead atoms. The molecule has 100 valence electrons. The fraction of sp³-hybridized carbons (Fsp3) is 0.692. The minimum Gasteiger partial charge on any atom is -0.481 e. The van der Waals surface area contributed by atoms with Crippen LogP contribution in [0.25, 0.3) is 0 Å². The molecule has 0 radical (unpaired) electrons. The number of aryl methyl sites for hydroxylation is 2. The summed E-state index contributed by atoms with van der Waals surface area (Å²) >= 11 is 1.71. The molecule has 1 aliphatic rings. The van der Waals surface area contributed by atoms with Crippen molar-refractivity contribution in [1.29, 1.82) is 0 Å². The van der Waals surface area contributed by atoms with Crippen LogP contribution in [-0.2, 0) is 4.79 Å². The van der Waals surface area contributed by atoms with E-state index in [1.165, 1.54) is 4.88 Å². The first-order valence-corrected chi connectivity index (χ1v) is 7.16. The number of carboxylic acid groups (broad SMARTS) is 1. The molecule has 0 saturated carbocycles. The third-order valence-corrected chi connectivity index (χ3v) is 4.86. The summed E-state index contributed by atoms with van der Waals surface area (Å²) in [5.41, 5.74) is 1.11. The normalized spacial score (nSPS) is 26.4. The Balaban J connectivity index is 2.18. The highest BCUT2D eigenvalue weighted by atomic mass is 32.1. The van der Waals surface area contributed by atoms with Crippen molar-refractivity contribution in [3.05, 3.63) is 15.6 Å². The fourth-order valence-electron chi connectivity index (χ4n) is 2.93. The number of nitrogens with zero attached hydrogens (tertiary/aromatic N) is 2. The van der Waals surface area contributed by atoms with Crippen LogP contribution in [0.2, 0.25) is 0 Å². The number of hydrogen-bond donors (Lipinski definition) is 1. The highest BCUT2D eigenvalue weighted by molar-refractivity contribution is 7.11. The van der Waals surface area contributed by atoms with Crippen molar-refractivity contribution in [2.24, 2.45) is 5.92 Å². The fourth-order valence-corrected chi connectivity index (χ4v) is 3.84. The average molecular weight is 268 g/mol. The molecule has 1 aliphatic heterocycles. The number of aliphatic carboxylic acids is 1. The van der Waals surface area contributed by atoms with Crippen LogP contribution in [0.4, 0.5) is 0 Å². The molecule has 0 aliphatic carbocycles. The van der Waals surface area contributed by atoms with Gasteiger partial charge in [-0.2, -0.15) is 0 Å². The summed E-state index contributed by atoms with van der Waals surface area (Å²) in [4.78, 5) is 19.2. The Hall–Kier alpha value is -0.940. The maximum Gasteiger partial charge on any atom is 0.308 e. The van der Waals surface area contributed by atoms with Crippen molar-refractivity contribution in [3.63, 3.8) is 0 Å². The van der Waals surface area contributed by atoms with Crippen molar-refractivity contribution in [3.8, 4) is 0 Å². The van der Waals surface area contributed by atoms with E-state index in [9.17, 15) is 9.90 Å². The van der Waals surface area contributed by atoms with E-state index in [2.05, 4.69) is 23.7 Å². The van der Waals surface area contributed by atoms with E-state index in [4.69, 9.17) is 0 Å². The largest absolute Gasteiger partial charge is 0.481 e. The monoisotopic (exact) mass is 268 g/mol. The van der Waals surface area contributed by atoms with Crippen molar-refractivity contribution in [2.75, 3.05) is 6.54 Å². The van der Waals surface area contributed by atoms with Gasteiger partial charge in [0.1, 0.15) is 0 Å². The van der Waals surface area contributed by atoms with Crippen LogP contribution >= 0.6 is 11.3 Å². The van der Waals surface area contributed by atoms with Crippen LogP contribution in [0.5, 0.6) is 0 Å². The highest BCUT2D eigenvalue weighted by Crippen LogP contribution is 2.34. The third kappa shape index (κ3) is 2.29. The molecule has 1 N–H and O–H groups in total. The second-order valence-corrected chi connectivity index (χ2v) is 6.47. The Morgan fingerprint density at radius 1 is 1.56 bits per heavy atom. The second-order valence-electron chi connectivity index (χ2n) is 5.06. The minimum absolute atomic E-state index is 0.0823. The molecular formula is C13H20N2O2S. The van der Waals surface area contributed by atoms with Crippen LogP contribution in [0.15, 0.2) is 0 Å². The van der Waals surface area contributed by atoms with Gasteiger partial charge < -0.3 is 5.11 Å². The van der Waals surface area contributed by atoms with Crippen molar-refractivity contribution in [2.45, 2.75) is 46.2 Å². The SMILES string of the molecule is Cc1nc(C(C)N2CCC(C(=O)O)C2C)c(C)s1. The number of hydrogen-bond acceptors (Lipinski definition) is 4. The Kier molecular flexibility index (Phi) is 3.73. The van der Waals surface area contributed by atoms with E-state index in [1.54, 1.807) is 11.3 Å². The summed E-state index contributed by atoms with van der Waals surface area (Å²) in [5.74, 6) is -0.920. The minimum atomic E-state index is -0.677.